The molecule has 0 aliphatic heterocycles. The topological polar surface area (TPSA) is 20.3 Å². The molecule has 0 atom stereocenters. The Labute approximate surface area is 74.4 Å². The van der Waals surface area contributed by atoms with Crippen LogP contribution in [0.25, 0.3) is 0 Å². The molecule has 0 saturated carbocycles. The Hall–Kier alpha value is -0.540. The van der Waals surface area contributed by atoms with Crippen LogP contribution in [0.1, 0.15) is 9.67 Å². The molecule has 0 N–H and O–H groups in total. The highest BCUT2D eigenvalue weighted by Gasteiger charge is 2.09. The Morgan fingerprint density at radius 2 is 2.27 bits per heavy atom. The summed E-state index contributed by atoms with van der Waals surface area (Å²) in [5.74, 6) is 0.00176. The average Bonchev–Trinajstić information content (AvgIpc) is 2.34. The van der Waals surface area contributed by atoms with Gasteiger partial charge in [-0.2, -0.15) is 0 Å². The zero-order chi connectivity index (χ0) is 8.43. The van der Waals surface area contributed by atoms with Crippen molar-refractivity contribution in [2.45, 2.75) is 0 Å². The number of carbonyl (C=O) groups excluding carboxylic acids is 1. The van der Waals surface area contributed by atoms with Gasteiger partial charge in [-0.25, -0.2) is 0 Å². The average molecular weight is 190 g/mol. The normalized spacial score (nSPS) is 9.73. The predicted octanol–water partition coefficient (Wildman–Crippen LogP) is 2.10. The van der Waals surface area contributed by atoms with Gasteiger partial charge in [0, 0.05) is 19.5 Å². The summed E-state index contributed by atoms with van der Waals surface area (Å²) in [6, 6.07) is 1.68. The third-order valence-corrected chi connectivity index (χ3v) is 2.45. The molecule has 1 heterocycles. The van der Waals surface area contributed by atoms with Crippen LogP contribution in [0.5, 0.6) is 0 Å². The lowest BCUT2D eigenvalue weighted by atomic mass is 10.4. The summed E-state index contributed by atoms with van der Waals surface area (Å²) >= 11 is 7.01. The maximum Gasteiger partial charge on any atom is 0.263 e. The number of hydrogen-bond donors (Lipinski definition) is 0. The van der Waals surface area contributed by atoms with E-state index in [1.165, 1.54) is 16.2 Å². The second kappa shape index (κ2) is 3.24. The minimum atomic E-state index is 0.00176. The molecule has 0 unspecified atom stereocenters. The van der Waals surface area contributed by atoms with Gasteiger partial charge >= 0.3 is 0 Å². The Kier molecular flexibility index (Phi) is 2.52. The number of thiophene rings is 1. The molecule has 0 fully saturated rings. The summed E-state index contributed by atoms with van der Waals surface area (Å²) in [7, 11) is 3.44. The Balaban J connectivity index is 2.85. The fourth-order valence-corrected chi connectivity index (χ4v) is 1.74. The van der Waals surface area contributed by atoms with E-state index in [1.54, 1.807) is 25.5 Å². The summed E-state index contributed by atoms with van der Waals surface area (Å²) in [6.07, 6.45) is 0. The lowest BCUT2D eigenvalue weighted by molar-refractivity contribution is 0.0832. The first-order chi connectivity index (χ1) is 5.11. The zero-order valence-electron chi connectivity index (χ0n) is 6.30. The fourth-order valence-electron chi connectivity index (χ4n) is 0.646. The van der Waals surface area contributed by atoms with E-state index in [2.05, 4.69) is 0 Å². The van der Waals surface area contributed by atoms with Crippen molar-refractivity contribution in [3.8, 4) is 0 Å². The lowest BCUT2D eigenvalue weighted by Crippen LogP contribution is -2.20. The molecule has 0 aliphatic carbocycles. The molecule has 0 aromatic carbocycles. The predicted molar refractivity (Wildman–Crippen MR) is 47.3 cm³/mol. The SMILES string of the molecule is CN(C)C(=O)c1cc(Cl)cs1. The van der Waals surface area contributed by atoms with Crippen molar-refractivity contribution in [2.24, 2.45) is 0 Å². The van der Waals surface area contributed by atoms with Gasteiger partial charge in [-0.15, -0.1) is 11.3 Å². The van der Waals surface area contributed by atoms with E-state index >= 15 is 0 Å². The molecular formula is C7H8ClNOS. The molecule has 1 aromatic heterocycles. The minimum absolute atomic E-state index is 0.00176. The number of rotatable bonds is 1. The third-order valence-electron chi connectivity index (χ3n) is 1.18. The summed E-state index contributed by atoms with van der Waals surface area (Å²) in [5, 5.41) is 2.37. The van der Waals surface area contributed by atoms with Gasteiger partial charge in [-0.05, 0) is 6.07 Å². The van der Waals surface area contributed by atoms with E-state index in [-0.39, 0.29) is 5.91 Å². The van der Waals surface area contributed by atoms with Crippen LogP contribution in [0.4, 0.5) is 0 Å². The van der Waals surface area contributed by atoms with Crippen LogP contribution in [-0.4, -0.2) is 24.9 Å². The van der Waals surface area contributed by atoms with E-state index in [4.69, 9.17) is 11.6 Å². The highest BCUT2D eigenvalue weighted by molar-refractivity contribution is 7.12. The van der Waals surface area contributed by atoms with Crippen LogP contribution in [0, 0.1) is 0 Å². The van der Waals surface area contributed by atoms with Crippen molar-refractivity contribution < 1.29 is 4.79 Å². The molecule has 4 heteroatoms. The monoisotopic (exact) mass is 189 g/mol. The van der Waals surface area contributed by atoms with E-state index in [9.17, 15) is 4.79 Å². The number of halogens is 1. The van der Waals surface area contributed by atoms with E-state index in [1.807, 2.05) is 0 Å². The van der Waals surface area contributed by atoms with Gasteiger partial charge in [0.1, 0.15) is 0 Å². The van der Waals surface area contributed by atoms with Gasteiger partial charge in [0.05, 0.1) is 9.90 Å². The third kappa shape index (κ3) is 1.94. The number of amides is 1. The Morgan fingerprint density at radius 3 is 2.64 bits per heavy atom. The standard InChI is InChI=1S/C7H8ClNOS/c1-9(2)7(10)6-3-5(8)4-11-6/h3-4H,1-2H3. The molecule has 1 amide bonds. The zero-order valence-corrected chi connectivity index (χ0v) is 7.87. The molecule has 2 nitrogen and oxygen atoms in total. The number of hydrogen-bond acceptors (Lipinski definition) is 2. The second-order valence-corrected chi connectivity index (χ2v) is 3.68. The van der Waals surface area contributed by atoms with Gasteiger partial charge in [0.25, 0.3) is 5.91 Å². The van der Waals surface area contributed by atoms with Crippen LogP contribution < -0.4 is 0 Å². The summed E-state index contributed by atoms with van der Waals surface area (Å²) in [5.41, 5.74) is 0. The molecular weight excluding hydrogens is 182 g/mol. The highest BCUT2D eigenvalue weighted by atomic mass is 35.5. The fraction of sp³-hybridized carbons (Fsp3) is 0.286. The van der Waals surface area contributed by atoms with Crippen molar-refractivity contribution in [1.82, 2.24) is 4.90 Å². The molecule has 0 aliphatic rings. The first-order valence-electron chi connectivity index (χ1n) is 3.07. The summed E-state index contributed by atoms with van der Waals surface area (Å²) in [6.45, 7) is 0. The van der Waals surface area contributed by atoms with Gasteiger partial charge < -0.3 is 4.90 Å². The lowest BCUT2D eigenvalue weighted by Gasteiger charge is -2.06. The molecule has 1 aromatic rings. The molecule has 1 rings (SSSR count). The van der Waals surface area contributed by atoms with Crippen LogP contribution in [0.2, 0.25) is 5.02 Å². The van der Waals surface area contributed by atoms with Crippen molar-refractivity contribution in [3.05, 3.63) is 21.3 Å². The molecule has 0 saturated heterocycles. The first-order valence-corrected chi connectivity index (χ1v) is 4.32. The molecule has 11 heavy (non-hydrogen) atoms. The number of carbonyl (C=O) groups is 1. The molecule has 60 valence electrons. The molecule has 0 bridgehead atoms. The van der Waals surface area contributed by atoms with E-state index < -0.39 is 0 Å². The van der Waals surface area contributed by atoms with Crippen LogP contribution in [-0.2, 0) is 0 Å². The smallest absolute Gasteiger partial charge is 0.263 e. The first kappa shape index (κ1) is 8.56. The second-order valence-electron chi connectivity index (χ2n) is 2.33. The van der Waals surface area contributed by atoms with Gasteiger partial charge in [-0.3, -0.25) is 4.79 Å². The van der Waals surface area contributed by atoms with Crippen molar-refractivity contribution >= 4 is 28.8 Å². The van der Waals surface area contributed by atoms with Crippen molar-refractivity contribution in [3.63, 3.8) is 0 Å². The minimum Gasteiger partial charge on any atom is -0.344 e. The van der Waals surface area contributed by atoms with E-state index in [0.29, 0.717) is 9.90 Å². The largest absolute Gasteiger partial charge is 0.344 e. The summed E-state index contributed by atoms with van der Waals surface area (Å²) < 4.78 is 0. The van der Waals surface area contributed by atoms with Gasteiger partial charge in [-0.1, -0.05) is 11.6 Å². The molecule has 0 radical (unpaired) electrons. The maximum atomic E-state index is 11.2. The maximum absolute atomic E-state index is 11.2. The number of nitrogens with zero attached hydrogens (tertiary/aromatic N) is 1. The van der Waals surface area contributed by atoms with Crippen LogP contribution in [0.15, 0.2) is 11.4 Å². The highest BCUT2D eigenvalue weighted by Crippen LogP contribution is 2.19. The van der Waals surface area contributed by atoms with Crippen LogP contribution in [0.3, 0.4) is 0 Å². The van der Waals surface area contributed by atoms with Gasteiger partial charge in [0.2, 0.25) is 0 Å². The summed E-state index contributed by atoms with van der Waals surface area (Å²) in [4.78, 5) is 13.4. The van der Waals surface area contributed by atoms with Gasteiger partial charge in [0.15, 0.2) is 0 Å². The van der Waals surface area contributed by atoms with Crippen LogP contribution >= 0.6 is 22.9 Å². The Morgan fingerprint density at radius 1 is 1.64 bits per heavy atom. The Bertz CT molecular complexity index is 269. The van der Waals surface area contributed by atoms with Crippen molar-refractivity contribution in [1.29, 1.82) is 0 Å². The quantitative estimate of drug-likeness (QED) is 0.663. The molecule has 0 spiro atoms. The van der Waals surface area contributed by atoms with E-state index in [0.717, 1.165) is 0 Å². The van der Waals surface area contributed by atoms with Crippen molar-refractivity contribution in [2.75, 3.05) is 14.1 Å².